The third-order valence-corrected chi connectivity index (χ3v) is 8.40. The zero-order chi connectivity index (χ0) is 26.1. The molecule has 0 N–H and O–H groups in total. The number of ketones is 2. The molecule has 36 heavy (non-hydrogen) atoms. The monoisotopic (exact) mass is 516 g/mol. The number of Topliss-reactive ketones (excluding diaryl/α,β-unsaturated/α-hetero) is 2. The number of nitrogens with zero attached hydrogens (tertiary/aromatic N) is 2. The third-order valence-electron chi connectivity index (χ3n) is 6.42. The van der Waals surface area contributed by atoms with Crippen LogP contribution in [0.2, 0.25) is 0 Å². The van der Waals surface area contributed by atoms with Gasteiger partial charge in [-0.1, -0.05) is 50.5 Å². The molecule has 0 spiro atoms. The minimum absolute atomic E-state index is 0.0693. The van der Waals surface area contributed by atoms with E-state index in [1.807, 2.05) is 19.1 Å². The van der Waals surface area contributed by atoms with Gasteiger partial charge in [0, 0.05) is 25.9 Å². The van der Waals surface area contributed by atoms with Gasteiger partial charge in [-0.25, -0.2) is 12.8 Å². The largest absolute Gasteiger partial charge is 0.298 e. The van der Waals surface area contributed by atoms with Crippen LogP contribution < -0.4 is 0 Å². The lowest BCUT2D eigenvalue weighted by molar-refractivity contribution is -0.121. The Morgan fingerprint density at radius 1 is 0.917 bits per heavy atom. The molecule has 3 rings (SSSR count). The number of carbonyl (C=O) groups excluding carboxylic acids is 2. The number of halogens is 1. The first-order valence-electron chi connectivity index (χ1n) is 12.8. The molecule has 0 bridgehead atoms. The second-order valence-corrected chi connectivity index (χ2v) is 11.6. The van der Waals surface area contributed by atoms with E-state index < -0.39 is 10.0 Å². The summed E-state index contributed by atoms with van der Waals surface area (Å²) in [4.78, 5) is 27.1. The van der Waals surface area contributed by atoms with E-state index in [0.717, 1.165) is 37.7 Å². The van der Waals surface area contributed by atoms with Crippen molar-refractivity contribution in [3.63, 3.8) is 0 Å². The molecule has 1 fully saturated rings. The Morgan fingerprint density at radius 2 is 1.53 bits per heavy atom. The van der Waals surface area contributed by atoms with Gasteiger partial charge in [0.15, 0.2) is 11.6 Å². The molecule has 0 unspecified atom stereocenters. The standard InChI is InChI=1S/C28H37FN2O4S/c1-3-9-24-13-12-23(19-28(24)36(34,35)31-14-6-4-5-7-15-31)18-27(33)21-30(2)20-26(32)17-22-10-8-11-25(29)16-22/h8,10-13,16,19H,3-7,9,14-15,17-18,20-21H2,1-2H3. The van der Waals surface area contributed by atoms with Gasteiger partial charge < -0.3 is 0 Å². The highest BCUT2D eigenvalue weighted by molar-refractivity contribution is 7.89. The van der Waals surface area contributed by atoms with Gasteiger partial charge >= 0.3 is 0 Å². The lowest BCUT2D eigenvalue weighted by Gasteiger charge is -2.22. The summed E-state index contributed by atoms with van der Waals surface area (Å²) in [7, 11) is -1.93. The molecule has 0 aromatic heterocycles. The van der Waals surface area contributed by atoms with E-state index in [1.54, 1.807) is 34.5 Å². The summed E-state index contributed by atoms with van der Waals surface area (Å²) < 4.78 is 42.0. The average Bonchev–Trinajstić information content (AvgIpc) is 3.10. The van der Waals surface area contributed by atoms with Crippen LogP contribution in [0, 0.1) is 5.82 Å². The molecule has 1 saturated heterocycles. The maximum atomic E-state index is 13.5. The first kappa shape index (κ1) is 28.2. The van der Waals surface area contributed by atoms with Crippen molar-refractivity contribution in [3.8, 4) is 0 Å². The summed E-state index contributed by atoms with van der Waals surface area (Å²) in [6, 6.07) is 11.3. The maximum absolute atomic E-state index is 13.5. The molecule has 0 amide bonds. The lowest BCUT2D eigenvalue weighted by atomic mass is 10.0. The number of hydrogen-bond donors (Lipinski definition) is 0. The van der Waals surface area contributed by atoms with Crippen molar-refractivity contribution in [1.82, 2.24) is 9.21 Å². The Labute approximate surface area is 214 Å². The number of likely N-dealkylation sites (N-methyl/N-ethyl adjacent to an activating group) is 1. The molecule has 0 aliphatic carbocycles. The van der Waals surface area contributed by atoms with Crippen molar-refractivity contribution in [2.45, 2.75) is 63.2 Å². The Balaban J connectivity index is 1.65. The smallest absolute Gasteiger partial charge is 0.243 e. The Kier molecular flexibility index (Phi) is 10.3. The number of sulfonamides is 1. The van der Waals surface area contributed by atoms with Crippen LogP contribution in [0.1, 0.15) is 55.7 Å². The van der Waals surface area contributed by atoms with Crippen LogP contribution in [-0.2, 0) is 38.9 Å². The molecule has 196 valence electrons. The van der Waals surface area contributed by atoms with E-state index in [1.165, 1.54) is 12.1 Å². The molecule has 6 nitrogen and oxygen atoms in total. The lowest BCUT2D eigenvalue weighted by Crippen LogP contribution is -2.33. The van der Waals surface area contributed by atoms with Crippen LogP contribution >= 0.6 is 0 Å². The predicted octanol–water partition coefficient (Wildman–Crippen LogP) is 4.20. The van der Waals surface area contributed by atoms with E-state index in [0.29, 0.717) is 35.5 Å². The molecular formula is C28H37FN2O4S. The van der Waals surface area contributed by atoms with Gasteiger partial charge in [-0.3, -0.25) is 14.5 Å². The molecule has 2 aromatic carbocycles. The second-order valence-electron chi connectivity index (χ2n) is 9.74. The van der Waals surface area contributed by atoms with Gasteiger partial charge in [0.25, 0.3) is 0 Å². The van der Waals surface area contributed by atoms with Gasteiger partial charge in [-0.15, -0.1) is 0 Å². The molecule has 0 saturated carbocycles. The Hall–Kier alpha value is -2.42. The summed E-state index contributed by atoms with van der Waals surface area (Å²) in [5.74, 6) is -0.589. The van der Waals surface area contributed by atoms with Crippen LogP contribution in [-0.4, -0.2) is 62.4 Å². The summed E-state index contributed by atoms with van der Waals surface area (Å²) in [5.41, 5.74) is 2.05. The van der Waals surface area contributed by atoms with Crippen LogP contribution in [0.3, 0.4) is 0 Å². The molecule has 0 radical (unpaired) electrons. The molecule has 1 aliphatic rings. The second kappa shape index (κ2) is 13.2. The third kappa shape index (κ3) is 8.05. The maximum Gasteiger partial charge on any atom is 0.243 e. The fourth-order valence-electron chi connectivity index (χ4n) is 4.72. The van der Waals surface area contributed by atoms with Gasteiger partial charge in [0.1, 0.15) is 5.82 Å². The van der Waals surface area contributed by atoms with E-state index in [-0.39, 0.29) is 43.3 Å². The summed E-state index contributed by atoms with van der Waals surface area (Å²) in [5, 5.41) is 0. The number of benzene rings is 2. The van der Waals surface area contributed by atoms with Crippen molar-refractivity contribution >= 4 is 21.6 Å². The first-order valence-corrected chi connectivity index (χ1v) is 14.2. The van der Waals surface area contributed by atoms with E-state index in [4.69, 9.17) is 0 Å². The van der Waals surface area contributed by atoms with Crippen LogP contribution in [0.15, 0.2) is 47.4 Å². The predicted molar refractivity (Wildman–Crippen MR) is 139 cm³/mol. The van der Waals surface area contributed by atoms with Gasteiger partial charge in [0.2, 0.25) is 10.0 Å². The Bertz CT molecular complexity index is 1160. The number of hydrogen-bond acceptors (Lipinski definition) is 5. The van der Waals surface area contributed by atoms with Crippen LogP contribution in [0.5, 0.6) is 0 Å². The van der Waals surface area contributed by atoms with Crippen molar-refractivity contribution in [3.05, 3.63) is 65.0 Å². The molecule has 0 atom stereocenters. The summed E-state index contributed by atoms with van der Waals surface area (Å²) in [6.45, 7) is 3.23. The van der Waals surface area contributed by atoms with Crippen molar-refractivity contribution in [2.24, 2.45) is 0 Å². The number of aryl methyl sites for hydroxylation is 1. The number of rotatable bonds is 12. The quantitative estimate of drug-likeness (QED) is 0.423. The van der Waals surface area contributed by atoms with E-state index in [9.17, 15) is 22.4 Å². The summed E-state index contributed by atoms with van der Waals surface area (Å²) >= 11 is 0. The topological polar surface area (TPSA) is 74.8 Å². The van der Waals surface area contributed by atoms with E-state index >= 15 is 0 Å². The van der Waals surface area contributed by atoms with Crippen LogP contribution in [0.4, 0.5) is 4.39 Å². The Morgan fingerprint density at radius 3 is 2.11 bits per heavy atom. The van der Waals surface area contributed by atoms with Gasteiger partial charge in [-0.05, 0) is 61.2 Å². The minimum Gasteiger partial charge on any atom is -0.298 e. The van der Waals surface area contributed by atoms with Gasteiger partial charge in [-0.2, -0.15) is 4.31 Å². The highest BCUT2D eigenvalue weighted by Crippen LogP contribution is 2.26. The molecule has 1 aliphatic heterocycles. The van der Waals surface area contributed by atoms with Crippen molar-refractivity contribution in [1.29, 1.82) is 0 Å². The van der Waals surface area contributed by atoms with Crippen molar-refractivity contribution in [2.75, 3.05) is 33.2 Å². The normalized spacial score (nSPS) is 15.1. The van der Waals surface area contributed by atoms with Crippen molar-refractivity contribution < 1.29 is 22.4 Å². The van der Waals surface area contributed by atoms with Crippen LogP contribution in [0.25, 0.3) is 0 Å². The fourth-order valence-corrected chi connectivity index (χ4v) is 6.54. The van der Waals surface area contributed by atoms with E-state index in [2.05, 4.69) is 0 Å². The summed E-state index contributed by atoms with van der Waals surface area (Å²) in [6.07, 6.45) is 5.50. The SMILES string of the molecule is CCCc1ccc(CC(=O)CN(C)CC(=O)Cc2cccc(F)c2)cc1S(=O)(=O)N1CCCCCC1. The highest BCUT2D eigenvalue weighted by atomic mass is 32.2. The fraction of sp³-hybridized carbons (Fsp3) is 0.500. The average molecular weight is 517 g/mol. The zero-order valence-electron chi connectivity index (χ0n) is 21.3. The highest BCUT2D eigenvalue weighted by Gasteiger charge is 2.28. The molecular weight excluding hydrogens is 479 g/mol. The molecule has 8 heteroatoms. The molecule has 1 heterocycles. The molecule has 2 aromatic rings. The minimum atomic E-state index is -3.63. The zero-order valence-corrected chi connectivity index (χ0v) is 22.2. The first-order chi connectivity index (χ1) is 17.2. The van der Waals surface area contributed by atoms with Gasteiger partial charge in [0.05, 0.1) is 18.0 Å². The number of carbonyl (C=O) groups is 2.